The molecule has 1 aliphatic heterocycles. The Morgan fingerprint density at radius 1 is 1.23 bits per heavy atom. The highest BCUT2D eigenvalue weighted by Gasteiger charge is 2.19. The van der Waals surface area contributed by atoms with Crippen LogP contribution in [0.15, 0.2) is 41.4 Å². The topological polar surface area (TPSA) is 56.7 Å². The minimum Gasteiger partial charge on any atom is -0.357 e. The second-order valence-corrected chi connectivity index (χ2v) is 6.98. The molecule has 5 heteroatoms. The molecule has 0 radical (unpaired) electrons. The predicted octanol–water partition coefficient (Wildman–Crippen LogP) is 2.63. The van der Waals surface area contributed by atoms with E-state index in [9.17, 15) is 4.79 Å². The van der Waals surface area contributed by atoms with E-state index in [-0.39, 0.29) is 5.91 Å². The summed E-state index contributed by atoms with van der Waals surface area (Å²) in [6.07, 6.45) is 8.84. The monoisotopic (exact) mass is 354 g/mol. The van der Waals surface area contributed by atoms with Crippen molar-refractivity contribution in [1.82, 2.24) is 15.5 Å². The van der Waals surface area contributed by atoms with Gasteiger partial charge in [0.2, 0.25) is 5.91 Å². The van der Waals surface area contributed by atoms with Crippen molar-refractivity contribution in [3.05, 3.63) is 47.5 Å². The Kier molecular flexibility index (Phi) is 6.69. The Labute approximate surface area is 156 Å². The largest absolute Gasteiger partial charge is 0.357 e. The summed E-state index contributed by atoms with van der Waals surface area (Å²) >= 11 is 0. The van der Waals surface area contributed by atoms with Gasteiger partial charge >= 0.3 is 0 Å². The number of guanidine groups is 1. The summed E-state index contributed by atoms with van der Waals surface area (Å²) in [5, 5.41) is 6.75. The molecule has 1 heterocycles. The van der Waals surface area contributed by atoms with E-state index in [4.69, 9.17) is 0 Å². The molecule has 0 saturated carbocycles. The van der Waals surface area contributed by atoms with Crippen molar-refractivity contribution in [1.29, 1.82) is 0 Å². The van der Waals surface area contributed by atoms with Crippen molar-refractivity contribution in [2.45, 2.75) is 51.6 Å². The first-order valence-corrected chi connectivity index (χ1v) is 9.80. The summed E-state index contributed by atoms with van der Waals surface area (Å²) < 4.78 is 0. The Morgan fingerprint density at radius 3 is 2.77 bits per heavy atom. The van der Waals surface area contributed by atoms with E-state index < -0.39 is 0 Å². The summed E-state index contributed by atoms with van der Waals surface area (Å²) in [7, 11) is 0. The molecule has 5 nitrogen and oxygen atoms in total. The van der Waals surface area contributed by atoms with Crippen LogP contribution in [0.1, 0.15) is 43.7 Å². The van der Waals surface area contributed by atoms with Crippen LogP contribution in [0.5, 0.6) is 0 Å². The predicted molar refractivity (Wildman–Crippen MR) is 106 cm³/mol. The number of rotatable bonds is 6. The number of nitrogens with one attached hydrogen (secondary N) is 2. The molecule has 0 spiro atoms. The van der Waals surface area contributed by atoms with E-state index in [1.807, 2.05) is 4.90 Å². The van der Waals surface area contributed by atoms with Gasteiger partial charge < -0.3 is 15.5 Å². The third-order valence-electron chi connectivity index (χ3n) is 4.99. The van der Waals surface area contributed by atoms with Crippen molar-refractivity contribution < 1.29 is 4.79 Å². The number of hydrogen-bond acceptors (Lipinski definition) is 2. The second-order valence-electron chi connectivity index (χ2n) is 6.98. The summed E-state index contributed by atoms with van der Waals surface area (Å²) in [5.74, 6) is 1.10. The molecule has 1 amide bonds. The first-order chi connectivity index (χ1) is 12.8. The van der Waals surface area contributed by atoms with Gasteiger partial charge in [-0.3, -0.25) is 9.79 Å². The molecule has 0 fully saturated rings. The molecule has 2 N–H and O–H groups in total. The molecular weight excluding hydrogens is 324 g/mol. The van der Waals surface area contributed by atoms with Crippen LogP contribution in [-0.2, 0) is 17.8 Å². The van der Waals surface area contributed by atoms with Gasteiger partial charge in [0.1, 0.15) is 0 Å². The van der Waals surface area contributed by atoms with E-state index >= 15 is 0 Å². The Morgan fingerprint density at radius 2 is 2.00 bits per heavy atom. The van der Waals surface area contributed by atoms with Crippen LogP contribution in [0, 0.1) is 0 Å². The summed E-state index contributed by atoms with van der Waals surface area (Å²) in [5.41, 5.74) is 2.66. The quantitative estimate of drug-likeness (QED) is 0.357. The minimum absolute atomic E-state index is 0.243. The van der Waals surface area contributed by atoms with E-state index in [2.05, 4.69) is 59.0 Å². The third kappa shape index (κ3) is 5.10. The van der Waals surface area contributed by atoms with Gasteiger partial charge in [0, 0.05) is 38.6 Å². The third-order valence-corrected chi connectivity index (χ3v) is 4.99. The van der Waals surface area contributed by atoms with Gasteiger partial charge in [-0.15, -0.1) is 0 Å². The highest BCUT2D eigenvalue weighted by Crippen LogP contribution is 2.19. The fourth-order valence-corrected chi connectivity index (χ4v) is 3.54. The molecule has 0 unspecified atom stereocenters. The van der Waals surface area contributed by atoms with E-state index in [1.165, 1.54) is 11.1 Å². The summed E-state index contributed by atoms with van der Waals surface area (Å²) in [6.45, 7) is 5.17. The first kappa shape index (κ1) is 18.5. The number of carbonyl (C=O) groups is 1. The lowest BCUT2D eigenvalue weighted by Gasteiger charge is -2.28. The van der Waals surface area contributed by atoms with Gasteiger partial charge in [-0.1, -0.05) is 36.4 Å². The Bertz CT molecular complexity index is 660. The van der Waals surface area contributed by atoms with Gasteiger partial charge in [-0.25, -0.2) is 0 Å². The van der Waals surface area contributed by atoms with Crippen molar-refractivity contribution >= 4 is 11.9 Å². The SMILES string of the molecule is CCNC(=NCCCC(=O)N1CCc2ccccc2C1)NC1CC=CC1. The molecule has 1 aromatic rings. The fraction of sp³-hybridized carbons (Fsp3) is 0.524. The van der Waals surface area contributed by atoms with Gasteiger partial charge in [-0.2, -0.15) is 0 Å². The second kappa shape index (κ2) is 9.41. The molecule has 0 atom stereocenters. The van der Waals surface area contributed by atoms with Crippen molar-refractivity contribution in [2.24, 2.45) is 4.99 Å². The average molecular weight is 354 g/mol. The smallest absolute Gasteiger partial charge is 0.222 e. The van der Waals surface area contributed by atoms with Gasteiger partial charge in [0.05, 0.1) is 0 Å². The standard InChI is InChI=1S/C21H30N4O/c1-2-22-21(24-19-10-5-6-11-19)23-14-7-12-20(26)25-15-13-17-8-3-4-9-18(17)16-25/h3-6,8-9,19H,2,7,10-16H2,1H3,(H2,22,23,24). The zero-order valence-corrected chi connectivity index (χ0v) is 15.7. The molecule has 3 rings (SSSR count). The van der Waals surface area contributed by atoms with Crippen molar-refractivity contribution in [3.8, 4) is 0 Å². The van der Waals surface area contributed by atoms with Crippen LogP contribution < -0.4 is 10.6 Å². The Balaban J connectivity index is 1.42. The van der Waals surface area contributed by atoms with E-state index in [1.54, 1.807) is 0 Å². The van der Waals surface area contributed by atoms with Crippen LogP contribution in [0.25, 0.3) is 0 Å². The van der Waals surface area contributed by atoms with Crippen molar-refractivity contribution in [2.75, 3.05) is 19.6 Å². The number of benzene rings is 1. The number of fused-ring (bicyclic) bond motifs is 1. The lowest BCUT2D eigenvalue weighted by Crippen LogP contribution is -2.42. The minimum atomic E-state index is 0.243. The normalized spacial score (nSPS) is 17.3. The zero-order valence-electron chi connectivity index (χ0n) is 15.7. The number of aliphatic imine (C=N–C) groups is 1. The van der Waals surface area contributed by atoms with Crippen molar-refractivity contribution in [3.63, 3.8) is 0 Å². The van der Waals surface area contributed by atoms with Crippen LogP contribution in [-0.4, -0.2) is 42.4 Å². The maximum absolute atomic E-state index is 12.5. The first-order valence-electron chi connectivity index (χ1n) is 9.80. The molecule has 1 aromatic carbocycles. The van der Waals surface area contributed by atoms with Gasteiger partial charge in [-0.05, 0) is 43.7 Å². The molecule has 2 aliphatic rings. The summed E-state index contributed by atoms with van der Waals surface area (Å²) in [4.78, 5) is 19.1. The highest BCUT2D eigenvalue weighted by molar-refractivity contribution is 5.80. The van der Waals surface area contributed by atoms with Crippen LogP contribution in [0.4, 0.5) is 0 Å². The lowest BCUT2D eigenvalue weighted by atomic mass is 9.99. The van der Waals surface area contributed by atoms with Gasteiger partial charge in [0.25, 0.3) is 0 Å². The number of carbonyl (C=O) groups excluding carboxylic acids is 1. The number of hydrogen-bond donors (Lipinski definition) is 2. The zero-order chi connectivity index (χ0) is 18.2. The lowest BCUT2D eigenvalue weighted by molar-refractivity contribution is -0.132. The van der Waals surface area contributed by atoms with Crippen LogP contribution >= 0.6 is 0 Å². The molecular formula is C21H30N4O. The molecule has 0 aromatic heterocycles. The van der Waals surface area contributed by atoms with Crippen LogP contribution in [0.2, 0.25) is 0 Å². The number of amides is 1. The van der Waals surface area contributed by atoms with Crippen LogP contribution in [0.3, 0.4) is 0 Å². The fourth-order valence-electron chi connectivity index (χ4n) is 3.54. The molecule has 0 bridgehead atoms. The maximum Gasteiger partial charge on any atom is 0.222 e. The maximum atomic E-state index is 12.5. The molecule has 1 aliphatic carbocycles. The highest BCUT2D eigenvalue weighted by atomic mass is 16.2. The Hall–Kier alpha value is -2.30. The summed E-state index contributed by atoms with van der Waals surface area (Å²) in [6, 6.07) is 8.87. The number of nitrogens with zero attached hydrogens (tertiary/aromatic N) is 2. The molecule has 26 heavy (non-hydrogen) atoms. The average Bonchev–Trinajstić information content (AvgIpc) is 3.17. The van der Waals surface area contributed by atoms with E-state index in [0.717, 1.165) is 51.3 Å². The van der Waals surface area contributed by atoms with E-state index in [0.29, 0.717) is 19.0 Å². The van der Waals surface area contributed by atoms with Gasteiger partial charge in [0.15, 0.2) is 5.96 Å². The molecule has 0 saturated heterocycles. The molecule has 140 valence electrons.